The highest BCUT2D eigenvalue weighted by molar-refractivity contribution is 5.92. The highest BCUT2D eigenvalue weighted by atomic mass is 19.4. The number of aliphatic imine (C=N–C) groups is 1. The third kappa shape index (κ3) is 10.0. The van der Waals surface area contributed by atoms with E-state index in [4.69, 9.17) is 28.4 Å². The minimum atomic E-state index is -5.24. The summed E-state index contributed by atoms with van der Waals surface area (Å²) in [5.74, 6) is -5.77. The summed E-state index contributed by atoms with van der Waals surface area (Å²) < 4.78 is 78.6. The van der Waals surface area contributed by atoms with Crippen LogP contribution in [-0.2, 0) is 28.4 Å². The van der Waals surface area contributed by atoms with Crippen LogP contribution in [0.2, 0.25) is 0 Å². The molecule has 0 N–H and O–H groups in total. The Hall–Kier alpha value is -6.80. The predicted molar refractivity (Wildman–Crippen MR) is 193 cm³/mol. The molecule has 0 spiro atoms. The first-order valence-corrected chi connectivity index (χ1v) is 17.1. The number of ether oxygens (including phenoxy) is 6. The Morgan fingerprint density at radius 2 is 0.875 bits per heavy atom. The van der Waals surface area contributed by atoms with Crippen LogP contribution in [-0.4, -0.2) is 73.3 Å². The summed E-state index contributed by atoms with van der Waals surface area (Å²) in [6.45, 7) is -0.768. The van der Waals surface area contributed by atoms with E-state index >= 15 is 0 Å². The Labute approximate surface area is 318 Å². The van der Waals surface area contributed by atoms with Crippen molar-refractivity contribution in [1.29, 1.82) is 0 Å². The lowest BCUT2D eigenvalue weighted by Gasteiger charge is -2.44. The molecular weight excluding hydrogens is 735 g/mol. The summed E-state index contributed by atoms with van der Waals surface area (Å²) in [4.78, 5) is 57.7. The van der Waals surface area contributed by atoms with E-state index in [9.17, 15) is 32.3 Å². The summed E-state index contributed by atoms with van der Waals surface area (Å²) in [5.41, 5.74) is -0.0451. The van der Waals surface area contributed by atoms with Crippen LogP contribution < -0.4 is 0 Å². The number of benzene rings is 5. The van der Waals surface area contributed by atoms with Crippen LogP contribution >= 0.6 is 0 Å². The third-order valence-corrected chi connectivity index (χ3v) is 8.19. The average molecular weight is 768 g/mol. The summed E-state index contributed by atoms with van der Waals surface area (Å²) in [7, 11) is 0. The molecule has 1 saturated heterocycles. The van der Waals surface area contributed by atoms with Crippen molar-refractivity contribution >= 4 is 35.5 Å². The molecule has 0 amide bonds. The maximum absolute atomic E-state index is 14.7. The van der Waals surface area contributed by atoms with Crippen molar-refractivity contribution in [3.63, 3.8) is 0 Å². The van der Waals surface area contributed by atoms with Gasteiger partial charge in [0.1, 0.15) is 12.7 Å². The van der Waals surface area contributed by atoms with Crippen LogP contribution in [0.4, 0.5) is 18.9 Å². The quantitative estimate of drug-likeness (QED) is 0.0574. The van der Waals surface area contributed by atoms with Gasteiger partial charge in [-0.3, -0.25) is 0 Å². The number of hydrogen-bond donors (Lipinski definition) is 0. The van der Waals surface area contributed by atoms with E-state index in [1.165, 1.54) is 97.1 Å². The molecule has 1 fully saturated rings. The molecule has 0 bridgehead atoms. The van der Waals surface area contributed by atoms with Gasteiger partial charge >= 0.3 is 30.1 Å². The van der Waals surface area contributed by atoms with Crippen molar-refractivity contribution < 1.29 is 60.8 Å². The fourth-order valence-electron chi connectivity index (χ4n) is 5.51. The number of hydrogen-bond acceptors (Lipinski definition) is 11. The zero-order valence-corrected chi connectivity index (χ0v) is 29.2. The van der Waals surface area contributed by atoms with Gasteiger partial charge in [0.15, 0.2) is 12.2 Å². The van der Waals surface area contributed by atoms with Crippen LogP contribution in [0.15, 0.2) is 157 Å². The Kier molecular flexibility index (Phi) is 12.5. The van der Waals surface area contributed by atoms with E-state index in [0.717, 1.165) is 0 Å². The Balaban J connectivity index is 1.46. The van der Waals surface area contributed by atoms with Gasteiger partial charge < -0.3 is 28.4 Å². The second-order valence-electron chi connectivity index (χ2n) is 12.1. The van der Waals surface area contributed by atoms with E-state index in [2.05, 4.69) is 4.99 Å². The van der Waals surface area contributed by atoms with Gasteiger partial charge in [0.25, 0.3) is 5.90 Å². The number of carbonyl (C=O) groups excluding carboxylic acids is 4. The first kappa shape index (κ1) is 38.9. The van der Waals surface area contributed by atoms with Crippen molar-refractivity contribution in [3.05, 3.63) is 174 Å². The molecular formula is C42H32F3NO10. The summed E-state index contributed by atoms with van der Waals surface area (Å²) in [5, 5.41) is 0. The van der Waals surface area contributed by atoms with Gasteiger partial charge in [-0.05, 0) is 60.7 Å². The topological polar surface area (TPSA) is 136 Å². The average Bonchev–Trinajstić information content (AvgIpc) is 3.22. The summed E-state index contributed by atoms with van der Waals surface area (Å²) in [6.07, 6.45) is -15.0. The van der Waals surface area contributed by atoms with Crippen LogP contribution in [0.5, 0.6) is 0 Å². The van der Waals surface area contributed by atoms with E-state index in [0.29, 0.717) is 0 Å². The monoisotopic (exact) mass is 767 g/mol. The number of carbonyl (C=O) groups is 4. The zero-order valence-electron chi connectivity index (χ0n) is 29.2. The Bertz CT molecular complexity index is 2120. The third-order valence-electron chi connectivity index (χ3n) is 8.19. The second kappa shape index (κ2) is 18.0. The first-order valence-electron chi connectivity index (χ1n) is 17.1. The SMILES string of the molecule is O=C(OC[C@H]1O[C@@H](OC(=Nc2ccccc2)C(F)(F)F)[C@H](OC(=O)c2ccccc2)[C@@H](OC(=O)c2ccccc2)[C@@H]1OC(=O)c1ccccc1)c1ccccc1. The van der Waals surface area contributed by atoms with Gasteiger partial charge in [0, 0.05) is 0 Å². The molecule has 286 valence electrons. The molecule has 1 heterocycles. The lowest BCUT2D eigenvalue weighted by atomic mass is 9.97. The van der Waals surface area contributed by atoms with E-state index in [1.54, 1.807) is 54.6 Å². The standard InChI is InChI=1S/C42H32F3NO10/c43-42(44,45)41(46-31-24-14-5-15-25-31)56-40-35(55-39(50)30-22-12-4-13-23-30)34(54-38(49)29-20-10-3-11-21-29)33(53-37(48)28-18-8-2-9-19-28)32(52-40)26-51-36(47)27-16-6-1-7-17-27/h1-25,32-35,40H,26H2/t32-,33-,34+,35-,40+/m1/s1. The maximum atomic E-state index is 14.7. The molecule has 0 saturated carbocycles. The molecule has 5 atom stereocenters. The lowest BCUT2D eigenvalue weighted by molar-refractivity contribution is -0.283. The Morgan fingerprint density at radius 3 is 1.30 bits per heavy atom. The molecule has 0 radical (unpaired) electrons. The van der Waals surface area contributed by atoms with Gasteiger partial charge in [-0.2, -0.15) is 13.2 Å². The number of alkyl halides is 3. The molecule has 1 aliphatic heterocycles. The number of halogens is 3. The molecule has 5 aromatic carbocycles. The van der Waals surface area contributed by atoms with Crippen LogP contribution in [0.25, 0.3) is 0 Å². The summed E-state index contributed by atoms with van der Waals surface area (Å²) in [6, 6.07) is 37.3. The molecule has 0 aromatic heterocycles. The van der Waals surface area contributed by atoms with Crippen molar-refractivity contribution in [2.45, 2.75) is 36.9 Å². The van der Waals surface area contributed by atoms with Crippen molar-refractivity contribution in [1.82, 2.24) is 0 Å². The first-order chi connectivity index (χ1) is 27.1. The van der Waals surface area contributed by atoms with E-state index < -0.39 is 73.3 Å². The molecule has 0 unspecified atom stereocenters. The minimum absolute atomic E-state index is 0.00796. The van der Waals surface area contributed by atoms with Crippen molar-refractivity contribution in [2.75, 3.05) is 6.61 Å². The maximum Gasteiger partial charge on any atom is 0.468 e. The second-order valence-corrected chi connectivity index (χ2v) is 12.1. The van der Waals surface area contributed by atoms with Gasteiger partial charge in [0.2, 0.25) is 12.4 Å². The zero-order chi connectivity index (χ0) is 39.5. The molecule has 5 aromatic rings. The number of nitrogens with zero attached hydrogens (tertiary/aromatic N) is 1. The largest absolute Gasteiger partial charge is 0.468 e. The van der Waals surface area contributed by atoms with Crippen LogP contribution in [0.3, 0.4) is 0 Å². The molecule has 14 heteroatoms. The van der Waals surface area contributed by atoms with E-state index in [-0.39, 0.29) is 27.9 Å². The van der Waals surface area contributed by atoms with Gasteiger partial charge in [-0.1, -0.05) is 91.0 Å². The fourth-order valence-corrected chi connectivity index (χ4v) is 5.51. The van der Waals surface area contributed by atoms with Crippen molar-refractivity contribution in [3.8, 4) is 0 Å². The molecule has 56 heavy (non-hydrogen) atoms. The smallest absolute Gasteiger partial charge is 0.459 e. The number of para-hydroxylation sites is 1. The minimum Gasteiger partial charge on any atom is -0.459 e. The molecule has 1 aliphatic rings. The number of rotatable bonds is 11. The summed E-state index contributed by atoms with van der Waals surface area (Å²) >= 11 is 0. The van der Waals surface area contributed by atoms with Crippen LogP contribution in [0, 0.1) is 0 Å². The number of esters is 4. The normalized spacial score (nSPS) is 19.6. The highest BCUT2D eigenvalue weighted by Crippen LogP contribution is 2.34. The molecule has 6 rings (SSSR count). The van der Waals surface area contributed by atoms with Gasteiger partial charge in [0.05, 0.1) is 27.9 Å². The highest BCUT2D eigenvalue weighted by Gasteiger charge is 2.56. The van der Waals surface area contributed by atoms with Crippen molar-refractivity contribution in [2.24, 2.45) is 4.99 Å². The van der Waals surface area contributed by atoms with Gasteiger partial charge in [-0.25, -0.2) is 24.2 Å². The molecule has 0 aliphatic carbocycles. The fraction of sp³-hybridized carbons (Fsp3) is 0.167. The van der Waals surface area contributed by atoms with E-state index in [1.807, 2.05) is 0 Å². The Morgan fingerprint density at radius 1 is 0.500 bits per heavy atom. The predicted octanol–water partition coefficient (Wildman–Crippen LogP) is 7.55. The lowest BCUT2D eigenvalue weighted by Crippen LogP contribution is -2.63. The van der Waals surface area contributed by atoms with Gasteiger partial charge in [-0.15, -0.1) is 0 Å². The molecule has 11 nitrogen and oxygen atoms in total. The van der Waals surface area contributed by atoms with Crippen LogP contribution in [0.1, 0.15) is 41.4 Å².